The summed E-state index contributed by atoms with van der Waals surface area (Å²) in [5, 5.41) is 7.23. The topological polar surface area (TPSA) is 64.7 Å². The highest BCUT2D eigenvalue weighted by Gasteiger charge is 2.18. The monoisotopic (exact) mass is 359 g/mol. The fraction of sp³-hybridized carbons (Fsp3) is 0.190. The first-order valence-electron chi connectivity index (χ1n) is 8.82. The molecule has 0 radical (unpaired) electrons. The van der Waals surface area contributed by atoms with Crippen molar-refractivity contribution in [3.05, 3.63) is 72.8 Å². The number of para-hydroxylation sites is 2. The van der Waals surface area contributed by atoms with Gasteiger partial charge >= 0.3 is 6.03 Å². The van der Waals surface area contributed by atoms with E-state index < -0.39 is 0 Å². The van der Waals surface area contributed by atoms with Crippen LogP contribution in [0.15, 0.2) is 67.1 Å². The summed E-state index contributed by atoms with van der Waals surface area (Å²) < 4.78 is 3.35. The lowest BCUT2D eigenvalue weighted by Crippen LogP contribution is -2.21. The molecule has 2 aromatic heterocycles. The Labute approximate surface area is 157 Å². The Hall–Kier alpha value is -3.41. The number of fused-ring (bicyclic) bond motifs is 1. The first-order valence-corrected chi connectivity index (χ1v) is 8.82. The van der Waals surface area contributed by atoms with Gasteiger partial charge in [0.25, 0.3) is 0 Å². The molecule has 0 saturated heterocycles. The molecule has 1 N–H and O–H groups in total. The summed E-state index contributed by atoms with van der Waals surface area (Å²) >= 11 is 0. The number of benzene rings is 2. The van der Waals surface area contributed by atoms with Gasteiger partial charge in [0.1, 0.15) is 6.33 Å². The number of hydrogen-bond acceptors (Lipinski definition) is 3. The third-order valence-electron chi connectivity index (χ3n) is 4.42. The highest BCUT2D eigenvalue weighted by Crippen LogP contribution is 2.21. The van der Waals surface area contributed by atoms with Crippen LogP contribution < -0.4 is 5.32 Å². The van der Waals surface area contributed by atoms with Crippen molar-refractivity contribution in [2.45, 2.75) is 26.2 Å². The zero-order valence-electron chi connectivity index (χ0n) is 15.5. The Morgan fingerprint density at radius 3 is 2.44 bits per heavy atom. The minimum absolute atomic E-state index is 0.0965. The number of rotatable bonds is 2. The number of nitrogens with one attached hydrogen (secondary N) is 1. The fourth-order valence-electron chi connectivity index (χ4n) is 2.89. The molecule has 4 rings (SSSR count). The van der Waals surface area contributed by atoms with Gasteiger partial charge in [-0.3, -0.25) is 4.57 Å². The third-order valence-corrected chi connectivity index (χ3v) is 4.42. The zero-order valence-corrected chi connectivity index (χ0v) is 15.5. The maximum atomic E-state index is 12.4. The maximum absolute atomic E-state index is 12.4. The highest BCUT2D eigenvalue weighted by atomic mass is 16.2. The molecule has 6 nitrogen and oxygen atoms in total. The van der Waals surface area contributed by atoms with E-state index in [4.69, 9.17) is 0 Å². The molecule has 0 spiro atoms. The largest absolute Gasteiger partial charge is 0.346 e. The summed E-state index contributed by atoms with van der Waals surface area (Å²) in [5.41, 5.74) is 4.46. The number of amides is 1. The second-order valence-electron chi connectivity index (χ2n) is 7.48. The second-order valence-corrected chi connectivity index (χ2v) is 7.48. The maximum Gasteiger partial charge on any atom is 0.346 e. The average Bonchev–Trinajstić information content (AvgIpc) is 3.30. The summed E-state index contributed by atoms with van der Waals surface area (Å²) in [5.74, 6) is 0. The van der Waals surface area contributed by atoms with Crippen LogP contribution in [0.25, 0.3) is 16.7 Å². The van der Waals surface area contributed by atoms with E-state index in [1.807, 2.05) is 59.2 Å². The fourth-order valence-corrected chi connectivity index (χ4v) is 2.89. The van der Waals surface area contributed by atoms with E-state index in [-0.39, 0.29) is 11.4 Å². The van der Waals surface area contributed by atoms with Crippen LogP contribution in [-0.4, -0.2) is 25.4 Å². The quantitative estimate of drug-likeness (QED) is 0.569. The van der Waals surface area contributed by atoms with E-state index in [1.54, 1.807) is 12.5 Å². The number of carbonyl (C=O) groups is 1. The predicted molar refractivity (Wildman–Crippen MR) is 106 cm³/mol. The molecule has 2 aromatic carbocycles. The summed E-state index contributed by atoms with van der Waals surface area (Å²) in [7, 11) is 0. The van der Waals surface area contributed by atoms with Crippen LogP contribution in [0, 0.1) is 0 Å². The van der Waals surface area contributed by atoms with Gasteiger partial charge in [0.15, 0.2) is 0 Å². The van der Waals surface area contributed by atoms with Gasteiger partial charge in [0.05, 0.1) is 16.7 Å². The lowest BCUT2D eigenvalue weighted by atomic mass is 9.93. The first-order chi connectivity index (χ1) is 12.9. The van der Waals surface area contributed by atoms with E-state index in [0.29, 0.717) is 5.69 Å². The van der Waals surface area contributed by atoms with Crippen molar-refractivity contribution in [1.82, 2.24) is 19.3 Å². The molecule has 0 unspecified atom stereocenters. The first kappa shape index (κ1) is 17.0. The molecule has 0 aliphatic carbocycles. The Morgan fingerprint density at radius 2 is 1.74 bits per heavy atom. The Balaban J connectivity index is 1.53. The van der Waals surface area contributed by atoms with Crippen LogP contribution in [-0.2, 0) is 5.41 Å². The lowest BCUT2D eigenvalue weighted by Gasteiger charge is -2.14. The molecule has 0 atom stereocenters. The molecule has 0 aliphatic heterocycles. The van der Waals surface area contributed by atoms with E-state index in [0.717, 1.165) is 22.4 Å². The molecular formula is C21H21N5O. The van der Waals surface area contributed by atoms with E-state index in [9.17, 15) is 4.79 Å². The van der Waals surface area contributed by atoms with Gasteiger partial charge < -0.3 is 5.32 Å². The predicted octanol–water partition coefficient (Wildman–Crippen LogP) is 4.60. The van der Waals surface area contributed by atoms with Gasteiger partial charge in [-0.05, 0) is 42.5 Å². The molecule has 0 fully saturated rings. The third kappa shape index (κ3) is 3.33. The summed E-state index contributed by atoms with van der Waals surface area (Å²) in [4.78, 5) is 16.8. The smallest absolute Gasteiger partial charge is 0.306 e. The molecule has 2 heterocycles. The van der Waals surface area contributed by atoms with Crippen molar-refractivity contribution in [2.24, 2.45) is 0 Å². The number of aromatic nitrogens is 4. The van der Waals surface area contributed by atoms with Gasteiger partial charge in [-0.25, -0.2) is 9.78 Å². The van der Waals surface area contributed by atoms with Gasteiger partial charge in [0, 0.05) is 23.0 Å². The van der Waals surface area contributed by atoms with Crippen LogP contribution in [0.4, 0.5) is 10.5 Å². The van der Waals surface area contributed by atoms with Crippen LogP contribution in [0.3, 0.4) is 0 Å². The minimum Gasteiger partial charge on any atom is -0.306 e. The molecule has 0 saturated carbocycles. The molecule has 1 amide bonds. The molecule has 0 bridgehead atoms. The molecule has 0 aliphatic rings. The van der Waals surface area contributed by atoms with E-state index >= 15 is 0 Å². The van der Waals surface area contributed by atoms with Gasteiger partial charge in [-0.15, -0.1) is 0 Å². The van der Waals surface area contributed by atoms with Gasteiger partial charge in [-0.1, -0.05) is 32.9 Å². The van der Waals surface area contributed by atoms with Crippen molar-refractivity contribution in [3.8, 4) is 5.69 Å². The average molecular weight is 359 g/mol. The SMILES string of the molecule is CC(C)(C)c1ccn(C(=O)Nc2ccc(-n3cnc4ccccc43)cc2)n1. The molecular weight excluding hydrogens is 338 g/mol. The van der Waals surface area contributed by atoms with Crippen molar-refractivity contribution in [1.29, 1.82) is 0 Å². The molecule has 6 heteroatoms. The van der Waals surface area contributed by atoms with Crippen molar-refractivity contribution < 1.29 is 4.79 Å². The normalized spacial score (nSPS) is 11.7. The Kier molecular flexibility index (Phi) is 4.03. The second kappa shape index (κ2) is 6.39. The Bertz CT molecular complexity index is 1100. The number of nitrogens with zero attached hydrogens (tertiary/aromatic N) is 4. The molecule has 136 valence electrons. The van der Waals surface area contributed by atoms with Gasteiger partial charge in [-0.2, -0.15) is 9.78 Å². The number of carbonyl (C=O) groups excluding carboxylic acids is 1. The zero-order chi connectivity index (χ0) is 19.0. The summed E-state index contributed by atoms with van der Waals surface area (Å²) in [6.07, 6.45) is 3.48. The van der Waals surface area contributed by atoms with Crippen LogP contribution in [0.5, 0.6) is 0 Å². The number of anilines is 1. The van der Waals surface area contributed by atoms with Crippen LogP contribution in [0.1, 0.15) is 26.5 Å². The minimum atomic E-state index is -0.286. The highest BCUT2D eigenvalue weighted by molar-refractivity contribution is 5.90. The molecule has 27 heavy (non-hydrogen) atoms. The summed E-state index contributed by atoms with van der Waals surface area (Å²) in [6.45, 7) is 6.20. The van der Waals surface area contributed by atoms with Crippen molar-refractivity contribution in [2.75, 3.05) is 5.32 Å². The number of imidazole rings is 1. The van der Waals surface area contributed by atoms with Crippen molar-refractivity contribution in [3.63, 3.8) is 0 Å². The van der Waals surface area contributed by atoms with Crippen molar-refractivity contribution >= 4 is 22.8 Å². The van der Waals surface area contributed by atoms with Gasteiger partial charge in [0.2, 0.25) is 0 Å². The molecule has 4 aromatic rings. The van der Waals surface area contributed by atoms with Crippen LogP contribution >= 0.6 is 0 Å². The lowest BCUT2D eigenvalue weighted by molar-refractivity contribution is 0.250. The van der Waals surface area contributed by atoms with E-state index in [1.165, 1.54) is 4.68 Å². The Morgan fingerprint density at radius 1 is 1.00 bits per heavy atom. The standard InChI is InChI=1S/C21H21N5O/c1-21(2,3)19-12-13-26(24-19)20(27)23-15-8-10-16(11-9-15)25-14-22-17-6-4-5-7-18(17)25/h4-14H,1-3H3,(H,23,27). The van der Waals surface area contributed by atoms with Crippen LogP contribution in [0.2, 0.25) is 0 Å². The number of hydrogen-bond donors (Lipinski definition) is 1. The summed E-state index contributed by atoms with van der Waals surface area (Å²) in [6, 6.07) is 17.2. The van der Waals surface area contributed by atoms with E-state index in [2.05, 4.69) is 36.2 Å².